The van der Waals surface area contributed by atoms with Gasteiger partial charge in [-0.3, -0.25) is 9.59 Å². The number of carbonyl (C=O) groups is 2. The van der Waals surface area contributed by atoms with Crippen LogP contribution in [0.1, 0.15) is 239 Å². The zero-order valence-electron chi connectivity index (χ0n) is 56.3. The molecule has 0 aromatic heterocycles. The lowest BCUT2D eigenvalue weighted by molar-refractivity contribution is -0.381. The topological polar surface area (TPSA) is 395 Å². The smallest absolute Gasteiger partial charge is 0.220 e. The molecule has 22 atom stereocenters. The molecule has 4 aliphatic rings. The minimum Gasteiger partial charge on any atom is -0.394 e. The van der Waals surface area contributed by atoms with Crippen LogP contribution in [-0.2, 0) is 47.5 Å². The third kappa shape index (κ3) is 29.7. The van der Waals surface area contributed by atoms with Crippen LogP contribution in [0.2, 0.25) is 0 Å². The fraction of sp³-hybridized carbons (Fsp3) is 0.941. The van der Waals surface area contributed by atoms with Gasteiger partial charge in [0.2, 0.25) is 11.8 Å². The Kier molecular flexibility index (Phi) is 43.5. The molecule has 4 heterocycles. The Balaban J connectivity index is 1.32. The molecule has 0 unspecified atom stereocenters. The van der Waals surface area contributed by atoms with E-state index in [0.717, 1.165) is 51.9 Å². The number of ether oxygens (including phenoxy) is 8. The first kappa shape index (κ1) is 83.3. The van der Waals surface area contributed by atoms with Gasteiger partial charge >= 0.3 is 0 Å². The lowest BCUT2D eigenvalue weighted by Crippen LogP contribution is -2.69. The van der Waals surface area contributed by atoms with Gasteiger partial charge in [-0.1, -0.05) is 219 Å². The third-order valence-corrected chi connectivity index (χ3v) is 18.6. The summed E-state index contributed by atoms with van der Waals surface area (Å²) in [7, 11) is 0. The van der Waals surface area contributed by atoms with E-state index in [9.17, 15) is 76.0 Å². The molecule has 4 aliphatic heterocycles. The maximum atomic E-state index is 13.5. The Morgan fingerprint density at radius 3 is 1.25 bits per heavy atom. The number of hydrogen-bond acceptors (Lipinski definition) is 23. The number of unbranched alkanes of at least 4 members (excludes halogenated alkanes) is 31. The molecule has 0 aliphatic carbocycles. The van der Waals surface area contributed by atoms with Crippen molar-refractivity contribution in [3.05, 3.63) is 12.2 Å². The highest BCUT2D eigenvalue weighted by Crippen LogP contribution is 2.35. The van der Waals surface area contributed by atoms with E-state index in [0.29, 0.717) is 12.8 Å². The molecule has 4 saturated heterocycles. The highest BCUT2D eigenvalue weighted by atomic mass is 16.8. The van der Waals surface area contributed by atoms with Crippen LogP contribution >= 0.6 is 0 Å². The van der Waals surface area contributed by atoms with Crippen LogP contribution in [0.25, 0.3) is 0 Å². The Morgan fingerprint density at radius 2 is 0.796 bits per heavy atom. The summed E-state index contributed by atoms with van der Waals surface area (Å²) in [5, 5.41) is 147. The third-order valence-electron chi connectivity index (χ3n) is 18.6. The van der Waals surface area contributed by atoms with E-state index in [1.54, 1.807) is 6.08 Å². The molecule has 0 spiro atoms. The van der Waals surface area contributed by atoms with Gasteiger partial charge in [-0.05, 0) is 19.3 Å². The second kappa shape index (κ2) is 48.6. The van der Waals surface area contributed by atoms with Crippen molar-refractivity contribution in [3.8, 4) is 0 Å². The largest absolute Gasteiger partial charge is 0.394 e. The molecule has 546 valence electrons. The van der Waals surface area contributed by atoms with Crippen molar-refractivity contribution >= 4 is 11.8 Å². The molecule has 0 radical (unpaired) electrons. The molecule has 0 saturated carbocycles. The average molecular weight is 1340 g/mol. The van der Waals surface area contributed by atoms with E-state index in [-0.39, 0.29) is 12.3 Å². The molecule has 25 nitrogen and oxygen atoms in total. The first-order chi connectivity index (χ1) is 45.0. The van der Waals surface area contributed by atoms with E-state index >= 15 is 0 Å². The number of nitrogens with one attached hydrogen (secondary N) is 2. The van der Waals surface area contributed by atoms with Crippen molar-refractivity contribution in [2.75, 3.05) is 33.0 Å². The highest BCUT2D eigenvalue weighted by Gasteiger charge is 2.56. The van der Waals surface area contributed by atoms with Crippen molar-refractivity contribution in [3.63, 3.8) is 0 Å². The van der Waals surface area contributed by atoms with Gasteiger partial charge in [0.1, 0.15) is 97.6 Å². The standard InChI is InChI=1S/C68H126N2O23/c1-4-6-8-10-12-14-16-18-19-20-21-22-23-24-25-27-29-31-33-35-37-39-52(77)70-46(47(76)38-36-34-32-30-28-26-17-15-13-11-9-7-5-2)44-86-66-60(84)58(82)63(51(43-74)90-66)92-68-61(85)64(55(79)49(41-72)88-68)93-65-53(69-45(3)75)56(80)62(50(42-73)89-65)91-67-59(83)57(81)54(78)48(40-71)87-67/h36,38,46-51,53-68,71-74,76,78-85H,4-35,37,39-44H2,1-3H3,(H,69,75)(H,70,77)/b38-36-/t46-,47+,48+,49+,50+,51+,53+,54-,55-,56+,57-,58+,59+,60+,61+,62+,63+,64-,65-,66+,67-,68-/m0/s1. The molecule has 15 N–H and O–H groups in total. The zero-order valence-corrected chi connectivity index (χ0v) is 56.3. The molecule has 0 bridgehead atoms. The average Bonchev–Trinajstić information content (AvgIpc) is 0.784. The molecule has 93 heavy (non-hydrogen) atoms. The Hall–Kier alpha value is -2.16. The molecule has 0 aromatic rings. The lowest BCUT2D eigenvalue weighted by atomic mass is 9.94. The number of allylic oxidation sites excluding steroid dienone is 1. The van der Waals surface area contributed by atoms with Gasteiger partial charge in [0.05, 0.1) is 45.2 Å². The fourth-order valence-corrected chi connectivity index (χ4v) is 12.8. The van der Waals surface area contributed by atoms with Crippen molar-refractivity contribution < 1.29 is 114 Å². The number of aliphatic hydroxyl groups is 13. The lowest BCUT2D eigenvalue weighted by Gasteiger charge is -2.50. The predicted molar refractivity (Wildman–Crippen MR) is 345 cm³/mol. The van der Waals surface area contributed by atoms with Crippen LogP contribution in [-0.4, -0.2) is 246 Å². The van der Waals surface area contributed by atoms with Gasteiger partial charge in [-0.25, -0.2) is 0 Å². The minimum atomic E-state index is -2.09. The molecule has 0 aromatic carbocycles. The first-order valence-electron chi connectivity index (χ1n) is 35.9. The molecule has 4 rings (SSSR count). The summed E-state index contributed by atoms with van der Waals surface area (Å²) >= 11 is 0. The quantitative estimate of drug-likeness (QED) is 0.0301. The predicted octanol–water partition coefficient (Wildman–Crippen LogP) is 4.12. The van der Waals surface area contributed by atoms with Gasteiger partial charge in [0, 0.05) is 13.3 Å². The minimum absolute atomic E-state index is 0.214. The Labute approximate surface area is 553 Å². The van der Waals surface area contributed by atoms with Crippen molar-refractivity contribution in [2.24, 2.45) is 0 Å². The van der Waals surface area contributed by atoms with Gasteiger partial charge < -0.3 is 115 Å². The maximum absolute atomic E-state index is 13.5. The Bertz CT molecular complexity index is 1930. The summed E-state index contributed by atoms with van der Waals surface area (Å²) in [6.07, 6.45) is 8.44. The van der Waals surface area contributed by atoms with Crippen LogP contribution in [0, 0.1) is 0 Å². The molecule has 25 heteroatoms. The van der Waals surface area contributed by atoms with Gasteiger partial charge in [-0.2, -0.15) is 0 Å². The van der Waals surface area contributed by atoms with Crippen molar-refractivity contribution in [1.29, 1.82) is 0 Å². The molecule has 4 fully saturated rings. The number of amides is 2. The summed E-state index contributed by atoms with van der Waals surface area (Å²) < 4.78 is 46.7. The SMILES string of the molecule is CCCCCCCCCCCCC/C=C\[C@@H](O)[C@H](CO[C@@H]1O[C@H](CO)[C@@H](O[C@@H]2O[C@H](CO)[C@H](O)[C@H](O[C@@H]3O[C@H](CO)[C@@H](O[C@@H]4O[C@H](CO)[C@H](O)[C@H](O)[C@H]4O)[C@H](O)[C@H]3NC(C)=O)[C@H]2O)[C@H](O)[C@H]1O)NC(=O)CCCCCCCCCCCCCCCCCCCCCCC. The second-order valence-corrected chi connectivity index (χ2v) is 26.4. The summed E-state index contributed by atoms with van der Waals surface area (Å²) in [4.78, 5) is 26.0. The van der Waals surface area contributed by atoms with E-state index in [1.165, 1.54) is 154 Å². The zero-order chi connectivity index (χ0) is 67.9. The van der Waals surface area contributed by atoms with Gasteiger partial charge in [0.15, 0.2) is 25.2 Å². The summed E-state index contributed by atoms with van der Waals surface area (Å²) in [5.74, 6) is -1.07. The van der Waals surface area contributed by atoms with Crippen LogP contribution < -0.4 is 10.6 Å². The fourth-order valence-electron chi connectivity index (χ4n) is 12.8. The summed E-state index contributed by atoms with van der Waals surface area (Å²) in [5.41, 5.74) is 0. The monoisotopic (exact) mass is 1340 g/mol. The van der Waals surface area contributed by atoms with E-state index < -0.39 is 174 Å². The van der Waals surface area contributed by atoms with E-state index in [2.05, 4.69) is 24.5 Å². The highest BCUT2D eigenvalue weighted by molar-refractivity contribution is 5.76. The van der Waals surface area contributed by atoms with Crippen molar-refractivity contribution in [2.45, 2.75) is 374 Å². The Morgan fingerprint density at radius 1 is 0.419 bits per heavy atom. The number of hydrogen-bond donors (Lipinski definition) is 15. The molecular weight excluding hydrogens is 1210 g/mol. The second-order valence-electron chi connectivity index (χ2n) is 26.4. The van der Waals surface area contributed by atoms with Gasteiger partial charge in [-0.15, -0.1) is 0 Å². The summed E-state index contributed by atoms with van der Waals surface area (Å²) in [6.45, 7) is 1.61. The van der Waals surface area contributed by atoms with Crippen LogP contribution in [0.4, 0.5) is 0 Å². The van der Waals surface area contributed by atoms with E-state index in [4.69, 9.17) is 37.9 Å². The van der Waals surface area contributed by atoms with E-state index in [1.807, 2.05) is 6.08 Å². The summed E-state index contributed by atoms with van der Waals surface area (Å²) in [6, 6.07) is -2.68. The van der Waals surface area contributed by atoms with Crippen LogP contribution in [0.15, 0.2) is 12.2 Å². The van der Waals surface area contributed by atoms with Crippen LogP contribution in [0.3, 0.4) is 0 Å². The number of aliphatic hydroxyl groups excluding tert-OH is 13. The van der Waals surface area contributed by atoms with Crippen LogP contribution in [0.5, 0.6) is 0 Å². The maximum Gasteiger partial charge on any atom is 0.220 e. The normalized spacial score (nSPS) is 32.4. The van der Waals surface area contributed by atoms with Gasteiger partial charge in [0.25, 0.3) is 0 Å². The van der Waals surface area contributed by atoms with Crippen molar-refractivity contribution in [1.82, 2.24) is 10.6 Å². The molecule has 2 amide bonds. The molecular formula is C68H126N2O23. The number of carbonyl (C=O) groups excluding carboxylic acids is 2. The first-order valence-corrected chi connectivity index (χ1v) is 35.9. The number of rotatable bonds is 51.